The molecule has 0 spiro atoms. The molecule has 0 bridgehead atoms. The van der Waals surface area contributed by atoms with Crippen molar-refractivity contribution in [2.24, 2.45) is 5.92 Å². The van der Waals surface area contributed by atoms with Crippen LogP contribution in [0.15, 0.2) is 15.7 Å². The molecule has 13 heteroatoms. The zero-order valence-electron chi connectivity index (χ0n) is 14.3. The summed E-state index contributed by atoms with van der Waals surface area (Å²) < 4.78 is 0. The topological polar surface area (TPSA) is 192 Å². The molecule has 28 heavy (non-hydrogen) atoms. The third kappa shape index (κ3) is 3.13. The van der Waals surface area contributed by atoms with Crippen molar-refractivity contribution in [3.63, 3.8) is 0 Å². The molecule has 1 amide bonds. The second-order valence-electron chi connectivity index (χ2n) is 6.52. The second kappa shape index (κ2) is 6.68. The standard InChI is InChI=1S/C15H14N8O5/c24-12(4-11-19-21-22-20-11)16-5-6-1-7-8(2-6)13-9(3-10(7)23(27)28)17-14(25)15(26)18-13/h3,6H,1-2,4-5H2,(H,16,24)(H,17,25)(H,18,26)(H,19,20,21,22). The molecule has 0 fully saturated rings. The number of rotatable bonds is 5. The van der Waals surface area contributed by atoms with Crippen LogP contribution in [0.5, 0.6) is 0 Å². The molecule has 144 valence electrons. The molecule has 1 aliphatic rings. The lowest BCUT2D eigenvalue weighted by atomic mass is 10.1. The van der Waals surface area contributed by atoms with Gasteiger partial charge in [-0.3, -0.25) is 24.5 Å². The van der Waals surface area contributed by atoms with E-state index < -0.39 is 16.0 Å². The van der Waals surface area contributed by atoms with Crippen LogP contribution in [0, 0.1) is 16.0 Å². The highest BCUT2D eigenvalue weighted by Crippen LogP contribution is 2.37. The highest BCUT2D eigenvalue weighted by atomic mass is 16.6. The fourth-order valence-corrected chi connectivity index (χ4v) is 3.49. The third-order valence-electron chi connectivity index (χ3n) is 4.70. The number of nitro benzene ring substituents is 1. The first kappa shape index (κ1) is 17.5. The Morgan fingerprint density at radius 2 is 2.00 bits per heavy atom. The number of aromatic amines is 3. The van der Waals surface area contributed by atoms with E-state index in [0.29, 0.717) is 29.5 Å². The van der Waals surface area contributed by atoms with Crippen LogP contribution >= 0.6 is 0 Å². The van der Waals surface area contributed by atoms with Crippen LogP contribution in [0.3, 0.4) is 0 Å². The summed E-state index contributed by atoms with van der Waals surface area (Å²) in [5.74, 6) is -0.131. The Kier molecular flexibility index (Phi) is 4.18. The van der Waals surface area contributed by atoms with E-state index in [1.165, 1.54) is 6.07 Å². The largest absolute Gasteiger partial charge is 0.355 e. The van der Waals surface area contributed by atoms with Crippen LogP contribution in [-0.4, -0.2) is 48.0 Å². The zero-order chi connectivity index (χ0) is 19.8. The highest BCUT2D eigenvalue weighted by molar-refractivity contribution is 5.83. The molecule has 0 aliphatic heterocycles. The Balaban J connectivity index is 1.58. The van der Waals surface area contributed by atoms with E-state index in [0.717, 1.165) is 0 Å². The first-order chi connectivity index (χ1) is 13.4. The minimum Gasteiger partial charge on any atom is -0.355 e. The van der Waals surface area contributed by atoms with E-state index in [2.05, 4.69) is 35.9 Å². The molecule has 13 nitrogen and oxygen atoms in total. The van der Waals surface area contributed by atoms with Crippen molar-refractivity contribution in [1.82, 2.24) is 35.9 Å². The Morgan fingerprint density at radius 1 is 1.25 bits per heavy atom. The van der Waals surface area contributed by atoms with E-state index in [-0.39, 0.29) is 41.8 Å². The van der Waals surface area contributed by atoms with E-state index in [1.54, 1.807) is 0 Å². The molecule has 0 radical (unpaired) electrons. The maximum Gasteiger partial charge on any atom is 0.314 e. The predicted molar refractivity (Wildman–Crippen MR) is 93.6 cm³/mol. The number of nitrogens with one attached hydrogen (secondary N) is 4. The van der Waals surface area contributed by atoms with Gasteiger partial charge in [0.15, 0.2) is 5.82 Å². The predicted octanol–water partition coefficient (Wildman–Crippen LogP) is -1.29. The van der Waals surface area contributed by atoms with Gasteiger partial charge in [-0.15, -0.1) is 10.2 Å². The van der Waals surface area contributed by atoms with Crippen LogP contribution in [0.1, 0.15) is 17.0 Å². The molecule has 1 unspecified atom stereocenters. The van der Waals surface area contributed by atoms with E-state index in [9.17, 15) is 24.5 Å². The number of nitro groups is 1. The SMILES string of the molecule is O=C(Cc1nn[nH]n1)NCC1Cc2c([N+](=O)[O-])cc3[nH]c(=O)c(=O)[nH]c3c2C1. The maximum absolute atomic E-state index is 12.0. The zero-order valence-corrected chi connectivity index (χ0v) is 14.3. The summed E-state index contributed by atoms with van der Waals surface area (Å²) in [6, 6.07) is 1.25. The van der Waals surface area contributed by atoms with Gasteiger partial charge in [0.1, 0.15) is 0 Å². The number of carbonyl (C=O) groups is 1. The molecular formula is C15H14N8O5. The number of hydrogen-bond donors (Lipinski definition) is 4. The summed E-state index contributed by atoms with van der Waals surface area (Å²) in [7, 11) is 0. The first-order valence-corrected chi connectivity index (χ1v) is 8.37. The summed E-state index contributed by atoms with van der Waals surface area (Å²) >= 11 is 0. The quantitative estimate of drug-likeness (QED) is 0.236. The molecule has 1 aliphatic carbocycles. The lowest BCUT2D eigenvalue weighted by molar-refractivity contribution is -0.385. The van der Waals surface area contributed by atoms with Crippen molar-refractivity contribution in [2.45, 2.75) is 19.3 Å². The molecule has 0 saturated heterocycles. The van der Waals surface area contributed by atoms with Gasteiger partial charge in [0, 0.05) is 18.2 Å². The Morgan fingerprint density at radius 3 is 2.71 bits per heavy atom. The van der Waals surface area contributed by atoms with Crippen molar-refractivity contribution in [2.75, 3.05) is 6.54 Å². The lowest BCUT2D eigenvalue weighted by Gasteiger charge is -2.09. The Labute approximate surface area is 154 Å². The van der Waals surface area contributed by atoms with Crippen LogP contribution in [0.25, 0.3) is 11.0 Å². The molecule has 2 aromatic heterocycles. The van der Waals surface area contributed by atoms with Crippen molar-refractivity contribution in [1.29, 1.82) is 0 Å². The summed E-state index contributed by atoms with van der Waals surface area (Å²) in [4.78, 5) is 51.0. The molecule has 3 aromatic rings. The molecule has 1 atom stereocenters. The molecule has 4 rings (SSSR count). The van der Waals surface area contributed by atoms with Crippen molar-refractivity contribution in [3.05, 3.63) is 53.8 Å². The fraction of sp³-hybridized carbons (Fsp3) is 0.333. The van der Waals surface area contributed by atoms with Gasteiger partial charge in [0.05, 0.1) is 22.4 Å². The minimum absolute atomic E-state index is 0.0339. The summed E-state index contributed by atoms with van der Waals surface area (Å²) in [5, 5.41) is 27.2. The van der Waals surface area contributed by atoms with Crippen molar-refractivity contribution < 1.29 is 9.72 Å². The lowest BCUT2D eigenvalue weighted by Crippen LogP contribution is -2.31. The monoisotopic (exact) mass is 386 g/mol. The normalized spacial score (nSPS) is 15.5. The number of hydrogen-bond acceptors (Lipinski definition) is 8. The number of fused-ring (bicyclic) bond motifs is 3. The highest BCUT2D eigenvalue weighted by Gasteiger charge is 2.31. The summed E-state index contributed by atoms with van der Waals surface area (Å²) in [6.07, 6.45) is 0.747. The summed E-state index contributed by atoms with van der Waals surface area (Å²) in [6.45, 7) is 0.289. The van der Waals surface area contributed by atoms with Gasteiger partial charge in [0.25, 0.3) is 5.69 Å². The van der Waals surface area contributed by atoms with Crippen LogP contribution in [0.2, 0.25) is 0 Å². The number of amides is 1. The summed E-state index contributed by atoms with van der Waals surface area (Å²) in [5.41, 5.74) is -0.119. The van der Waals surface area contributed by atoms with Gasteiger partial charge in [-0.1, -0.05) is 5.21 Å². The molecule has 4 N–H and O–H groups in total. The first-order valence-electron chi connectivity index (χ1n) is 8.37. The molecule has 2 heterocycles. The van der Waals surface area contributed by atoms with Crippen molar-refractivity contribution in [3.8, 4) is 0 Å². The minimum atomic E-state index is -0.870. The number of H-pyrrole nitrogens is 3. The van der Waals surface area contributed by atoms with Gasteiger partial charge in [-0.25, -0.2) is 0 Å². The number of tetrazole rings is 1. The van der Waals surface area contributed by atoms with Gasteiger partial charge in [-0.2, -0.15) is 5.21 Å². The van der Waals surface area contributed by atoms with Crippen molar-refractivity contribution >= 4 is 22.6 Å². The van der Waals surface area contributed by atoms with Gasteiger partial charge in [-0.05, 0) is 24.3 Å². The number of nitrogens with zero attached hydrogens (tertiary/aromatic N) is 4. The van der Waals surface area contributed by atoms with Crippen LogP contribution < -0.4 is 16.4 Å². The van der Waals surface area contributed by atoms with E-state index in [4.69, 9.17) is 0 Å². The van der Waals surface area contributed by atoms with E-state index in [1.807, 2.05) is 0 Å². The molecule has 0 saturated carbocycles. The molecule has 1 aromatic carbocycles. The Hall–Kier alpha value is -3.90. The van der Waals surface area contributed by atoms with Gasteiger partial charge < -0.3 is 15.3 Å². The molecular weight excluding hydrogens is 372 g/mol. The van der Waals surface area contributed by atoms with Gasteiger partial charge >= 0.3 is 11.1 Å². The Bertz CT molecular complexity index is 1200. The fourth-order valence-electron chi connectivity index (χ4n) is 3.49. The maximum atomic E-state index is 12.0. The third-order valence-corrected chi connectivity index (χ3v) is 4.70. The van der Waals surface area contributed by atoms with Crippen LogP contribution in [-0.2, 0) is 24.1 Å². The number of aromatic nitrogens is 6. The van der Waals surface area contributed by atoms with E-state index >= 15 is 0 Å². The average molecular weight is 386 g/mol. The number of carbonyl (C=O) groups excluding carboxylic acids is 1. The van der Waals surface area contributed by atoms with Gasteiger partial charge in [0.2, 0.25) is 5.91 Å². The smallest absolute Gasteiger partial charge is 0.314 e. The van der Waals surface area contributed by atoms with Crippen LogP contribution in [0.4, 0.5) is 5.69 Å². The second-order valence-corrected chi connectivity index (χ2v) is 6.52. The number of benzene rings is 1. The average Bonchev–Trinajstić information content (AvgIpc) is 3.30.